The van der Waals surface area contributed by atoms with Crippen LogP contribution < -0.4 is 10.2 Å². The van der Waals surface area contributed by atoms with Crippen molar-refractivity contribution in [3.63, 3.8) is 0 Å². The molecule has 0 aromatic heterocycles. The first-order chi connectivity index (χ1) is 11.1. The SMILES string of the molecule is COc1cc(C(=O)N/N=C\C(C)=C\c2ccccc2)ccc1I. The maximum atomic E-state index is 12.1. The van der Waals surface area contributed by atoms with Crippen molar-refractivity contribution in [1.82, 2.24) is 5.43 Å². The van der Waals surface area contributed by atoms with Gasteiger partial charge in [0.15, 0.2) is 0 Å². The van der Waals surface area contributed by atoms with E-state index in [4.69, 9.17) is 4.74 Å². The van der Waals surface area contributed by atoms with Gasteiger partial charge in [-0.25, -0.2) is 5.43 Å². The number of halogens is 1. The Morgan fingerprint density at radius 1 is 1.22 bits per heavy atom. The van der Waals surface area contributed by atoms with Gasteiger partial charge in [-0.2, -0.15) is 5.10 Å². The number of benzene rings is 2. The van der Waals surface area contributed by atoms with Crippen molar-refractivity contribution < 1.29 is 9.53 Å². The molecule has 5 heteroatoms. The van der Waals surface area contributed by atoms with Crippen LogP contribution in [0, 0.1) is 3.57 Å². The van der Waals surface area contributed by atoms with E-state index in [1.165, 1.54) is 0 Å². The molecular weight excluding hydrogens is 403 g/mol. The summed E-state index contributed by atoms with van der Waals surface area (Å²) in [5, 5.41) is 3.99. The van der Waals surface area contributed by atoms with Crippen LogP contribution in [-0.2, 0) is 0 Å². The summed E-state index contributed by atoms with van der Waals surface area (Å²) in [6.07, 6.45) is 3.61. The number of nitrogens with zero attached hydrogens (tertiary/aromatic N) is 1. The van der Waals surface area contributed by atoms with Crippen LogP contribution >= 0.6 is 22.6 Å². The van der Waals surface area contributed by atoms with Crippen LogP contribution in [0.25, 0.3) is 6.08 Å². The third kappa shape index (κ3) is 5.21. The van der Waals surface area contributed by atoms with Crippen LogP contribution in [0.2, 0.25) is 0 Å². The summed E-state index contributed by atoms with van der Waals surface area (Å²) in [5.41, 5.74) is 5.05. The molecular formula is C18H17IN2O2. The fourth-order valence-electron chi connectivity index (χ4n) is 1.91. The predicted octanol–water partition coefficient (Wildman–Crippen LogP) is 4.12. The van der Waals surface area contributed by atoms with Gasteiger partial charge in [0.2, 0.25) is 0 Å². The first-order valence-electron chi connectivity index (χ1n) is 7.00. The summed E-state index contributed by atoms with van der Waals surface area (Å²) >= 11 is 2.15. The lowest BCUT2D eigenvalue weighted by atomic mass is 10.1. The van der Waals surface area contributed by atoms with E-state index in [1.807, 2.05) is 49.4 Å². The Labute approximate surface area is 149 Å². The van der Waals surface area contributed by atoms with Crippen molar-refractivity contribution in [2.24, 2.45) is 5.10 Å². The van der Waals surface area contributed by atoms with Gasteiger partial charge in [0, 0.05) is 5.56 Å². The normalized spacial score (nSPS) is 11.5. The highest BCUT2D eigenvalue weighted by atomic mass is 127. The maximum Gasteiger partial charge on any atom is 0.271 e. The third-order valence-electron chi connectivity index (χ3n) is 3.04. The number of hydrogen-bond acceptors (Lipinski definition) is 3. The number of nitrogens with one attached hydrogen (secondary N) is 1. The number of carbonyl (C=O) groups is 1. The first kappa shape index (κ1) is 17.2. The average molecular weight is 420 g/mol. The molecule has 1 N–H and O–H groups in total. The highest BCUT2D eigenvalue weighted by Gasteiger charge is 2.08. The van der Waals surface area contributed by atoms with E-state index in [0.29, 0.717) is 11.3 Å². The van der Waals surface area contributed by atoms with E-state index in [2.05, 4.69) is 33.1 Å². The summed E-state index contributed by atoms with van der Waals surface area (Å²) in [5.74, 6) is 0.394. The maximum absolute atomic E-state index is 12.1. The van der Waals surface area contributed by atoms with Crippen molar-refractivity contribution in [2.75, 3.05) is 7.11 Å². The Hall–Kier alpha value is -2.15. The first-order valence-corrected chi connectivity index (χ1v) is 8.08. The van der Waals surface area contributed by atoms with Gasteiger partial charge in [-0.1, -0.05) is 36.4 Å². The van der Waals surface area contributed by atoms with Crippen molar-refractivity contribution >= 4 is 40.8 Å². The lowest BCUT2D eigenvalue weighted by Gasteiger charge is -2.05. The molecule has 4 nitrogen and oxygen atoms in total. The third-order valence-corrected chi connectivity index (χ3v) is 3.93. The van der Waals surface area contributed by atoms with Crippen LogP contribution in [0.5, 0.6) is 5.75 Å². The van der Waals surface area contributed by atoms with E-state index in [-0.39, 0.29) is 5.91 Å². The topological polar surface area (TPSA) is 50.7 Å². The molecule has 118 valence electrons. The van der Waals surface area contributed by atoms with Crippen LogP contribution in [0.4, 0.5) is 0 Å². The second kappa shape index (κ2) is 8.47. The molecule has 2 aromatic rings. The quantitative estimate of drug-likeness (QED) is 0.450. The minimum absolute atomic E-state index is 0.275. The zero-order chi connectivity index (χ0) is 16.7. The van der Waals surface area contributed by atoms with E-state index < -0.39 is 0 Å². The monoisotopic (exact) mass is 420 g/mol. The molecule has 0 radical (unpaired) electrons. The molecule has 23 heavy (non-hydrogen) atoms. The molecule has 0 atom stereocenters. The fourth-order valence-corrected chi connectivity index (χ4v) is 2.46. The van der Waals surface area contributed by atoms with Crippen molar-refractivity contribution in [3.8, 4) is 5.75 Å². The second-order valence-electron chi connectivity index (χ2n) is 4.85. The summed E-state index contributed by atoms with van der Waals surface area (Å²) in [4.78, 5) is 12.1. The van der Waals surface area contributed by atoms with Crippen molar-refractivity contribution in [1.29, 1.82) is 0 Å². The molecule has 0 fully saturated rings. The number of hydrogen-bond donors (Lipinski definition) is 1. The highest BCUT2D eigenvalue weighted by molar-refractivity contribution is 14.1. The van der Waals surface area contributed by atoms with Gasteiger partial charge in [0.25, 0.3) is 5.91 Å². The molecule has 0 bridgehead atoms. The largest absolute Gasteiger partial charge is 0.496 e. The molecule has 2 rings (SSSR count). The Balaban J connectivity index is 2.00. The molecule has 0 spiro atoms. The number of methoxy groups -OCH3 is 1. The number of ether oxygens (including phenoxy) is 1. The predicted molar refractivity (Wildman–Crippen MR) is 102 cm³/mol. The molecule has 0 saturated carbocycles. The van der Waals surface area contributed by atoms with Crippen molar-refractivity contribution in [2.45, 2.75) is 6.92 Å². The molecule has 0 unspecified atom stereocenters. The minimum atomic E-state index is -0.275. The lowest BCUT2D eigenvalue weighted by Crippen LogP contribution is -2.17. The van der Waals surface area contributed by atoms with Crippen LogP contribution in [0.15, 0.2) is 59.2 Å². The molecule has 2 aromatic carbocycles. The van der Waals surface area contributed by atoms with E-state index in [9.17, 15) is 4.79 Å². The molecule has 0 aliphatic heterocycles. The van der Waals surface area contributed by atoms with Crippen LogP contribution in [0.1, 0.15) is 22.8 Å². The highest BCUT2D eigenvalue weighted by Crippen LogP contribution is 2.21. The molecule has 1 amide bonds. The van der Waals surface area contributed by atoms with Gasteiger partial charge in [-0.15, -0.1) is 0 Å². The number of carbonyl (C=O) groups excluding carboxylic acids is 1. The van der Waals surface area contributed by atoms with Gasteiger partial charge < -0.3 is 4.74 Å². The zero-order valence-electron chi connectivity index (χ0n) is 12.9. The van der Waals surface area contributed by atoms with Crippen LogP contribution in [0.3, 0.4) is 0 Å². The Bertz CT molecular complexity index is 740. The number of allylic oxidation sites excluding steroid dienone is 1. The summed E-state index contributed by atoms with van der Waals surface area (Å²) < 4.78 is 6.16. The number of amides is 1. The lowest BCUT2D eigenvalue weighted by molar-refractivity contribution is 0.0955. The van der Waals surface area contributed by atoms with Gasteiger partial charge in [0.05, 0.1) is 16.9 Å². The Kier molecular flexibility index (Phi) is 6.34. The van der Waals surface area contributed by atoms with Gasteiger partial charge in [0.1, 0.15) is 5.75 Å². The molecule has 0 heterocycles. The van der Waals surface area contributed by atoms with Crippen LogP contribution in [-0.4, -0.2) is 19.2 Å². The van der Waals surface area contributed by atoms with Crippen molar-refractivity contribution in [3.05, 3.63) is 68.8 Å². The average Bonchev–Trinajstić information content (AvgIpc) is 2.56. The molecule has 0 aliphatic rings. The summed E-state index contributed by atoms with van der Waals surface area (Å²) in [6, 6.07) is 15.2. The smallest absolute Gasteiger partial charge is 0.271 e. The van der Waals surface area contributed by atoms with Gasteiger partial charge >= 0.3 is 0 Å². The molecule has 0 aliphatic carbocycles. The zero-order valence-corrected chi connectivity index (χ0v) is 15.1. The van der Waals surface area contributed by atoms with Gasteiger partial charge in [-0.05, 0) is 58.9 Å². The van der Waals surface area contributed by atoms with Gasteiger partial charge in [-0.3, -0.25) is 4.79 Å². The summed E-state index contributed by atoms with van der Waals surface area (Å²) in [7, 11) is 1.58. The second-order valence-corrected chi connectivity index (χ2v) is 6.01. The Morgan fingerprint density at radius 2 is 1.96 bits per heavy atom. The minimum Gasteiger partial charge on any atom is -0.496 e. The standard InChI is InChI=1S/C18H17IN2O2/c1-13(10-14-6-4-3-5-7-14)12-20-21-18(22)15-8-9-16(19)17(11-15)23-2/h3-12H,1-2H3,(H,21,22)/b13-10+,20-12-. The molecule has 0 saturated heterocycles. The van der Waals surface area contributed by atoms with E-state index in [1.54, 1.807) is 25.5 Å². The number of hydrazone groups is 1. The van der Waals surface area contributed by atoms with E-state index in [0.717, 1.165) is 14.7 Å². The number of rotatable bonds is 5. The fraction of sp³-hybridized carbons (Fsp3) is 0.111. The Morgan fingerprint density at radius 3 is 2.65 bits per heavy atom. The van der Waals surface area contributed by atoms with E-state index >= 15 is 0 Å². The summed E-state index contributed by atoms with van der Waals surface area (Å²) in [6.45, 7) is 1.93.